The second kappa shape index (κ2) is 5.32. The van der Waals surface area contributed by atoms with E-state index in [0.717, 1.165) is 6.07 Å². The first-order valence-corrected chi connectivity index (χ1v) is 5.81. The Kier molecular flexibility index (Phi) is 3.73. The van der Waals surface area contributed by atoms with Crippen LogP contribution in [0.2, 0.25) is 0 Å². The zero-order valence-electron chi connectivity index (χ0n) is 10.9. The van der Waals surface area contributed by atoms with E-state index >= 15 is 0 Å². The van der Waals surface area contributed by atoms with Crippen molar-refractivity contribution in [2.45, 2.75) is 13.5 Å². The number of hydrogen-bond acceptors (Lipinski definition) is 3. The Morgan fingerprint density at radius 2 is 2.25 bits per heavy atom. The number of imidazole rings is 1. The maximum absolute atomic E-state index is 13.9. The first-order valence-electron chi connectivity index (χ1n) is 5.81. The Labute approximate surface area is 113 Å². The number of nitrogens with zero attached hydrogens (tertiary/aromatic N) is 2. The second-order valence-electron chi connectivity index (χ2n) is 4.11. The predicted octanol–water partition coefficient (Wildman–Crippen LogP) is 1.90. The van der Waals surface area contributed by atoms with E-state index in [9.17, 15) is 13.6 Å². The number of carbonyl (C=O) groups is 1. The molecule has 0 spiro atoms. The summed E-state index contributed by atoms with van der Waals surface area (Å²) >= 11 is 0. The molecule has 0 aliphatic carbocycles. The van der Waals surface area contributed by atoms with E-state index in [1.54, 1.807) is 6.92 Å². The molecule has 1 aromatic heterocycles. The van der Waals surface area contributed by atoms with E-state index in [4.69, 9.17) is 9.84 Å². The summed E-state index contributed by atoms with van der Waals surface area (Å²) in [7, 11) is 1.34. The van der Waals surface area contributed by atoms with Crippen molar-refractivity contribution in [2.75, 3.05) is 13.7 Å². The fourth-order valence-corrected chi connectivity index (χ4v) is 2.02. The molecule has 1 amide bonds. The fraction of sp³-hybridized carbons (Fsp3) is 0.333. The summed E-state index contributed by atoms with van der Waals surface area (Å²) in [6.45, 7) is 1.82. The quantitative estimate of drug-likeness (QED) is 0.899. The normalized spacial score (nSPS) is 10.8. The summed E-state index contributed by atoms with van der Waals surface area (Å²) in [6, 6.07) is 0.934. The molecule has 0 saturated heterocycles. The van der Waals surface area contributed by atoms with E-state index in [-0.39, 0.29) is 29.9 Å². The molecule has 108 valence electrons. The average Bonchev–Trinajstić information content (AvgIpc) is 2.71. The molecule has 2 aromatic rings. The van der Waals surface area contributed by atoms with Gasteiger partial charge in [0, 0.05) is 19.2 Å². The molecular weight excluding hydrogens is 272 g/mol. The standard InChI is InChI=1S/C12H13F2N3O3/c1-6-16-10-8(20-2)5-7(13)9(14)11(10)17(6)4-3-15-12(18)19/h5,15H,3-4H2,1-2H3,(H,18,19). The van der Waals surface area contributed by atoms with Gasteiger partial charge in [-0.3, -0.25) is 0 Å². The van der Waals surface area contributed by atoms with E-state index in [0.29, 0.717) is 5.82 Å². The van der Waals surface area contributed by atoms with E-state index in [1.807, 2.05) is 0 Å². The van der Waals surface area contributed by atoms with Crippen LogP contribution in [0.25, 0.3) is 11.0 Å². The maximum atomic E-state index is 13.9. The highest BCUT2D eigenvalue weighted by Crippen LogP contribution is 2.30. The average molecular weight is 285 g/mol. The number of methoxy groups -OCH3 is 1. The van der Waals surface area contributed by atoms with Crippen LogP contribution in [0.5, 0.6) is 5.75 Å². The molecule has 0 fully saturated rings. The van der Waals surface area contributed by atoms with Gasteiger partial charge in [0.25, 0.3) is 0 Å². The van der Waals surface area contributed by atoms with Crippen molar-refractivity contribution in [3.63, 3.8) is 0 Å². The van der Waals surface area contributed by atoms with E-state index < -0.39 is 17.7 Å². The van der Waals surface area contributed by atoms with Crippen molar-refractivity contribution in [2.24, 2.45) is 0 Å². The highest BCUT2D eigenvalue weighted by Gasteiger charge is 2.20. The molecule has 6 nitrogen and oxygen atoms in total. The molecule has 1 heterocycles. The molecule has 0 saturated carbocycles. The number of aromatic nitrogens is 2. The SMILES string of the molecule is COc1cc(F)c(F)c2c1nc(C)n2CCNC(=O)O. The van der Waals surface area contributed by atoms with Gasteiger partial charge < -0.3 is 19.7 Å². The van der Waals surface area contributed by atoms with Gasteiger partial charge in [-0.25, -0.2) is 18.6 Å². The molecule has 20 heavy (non-hydrogen) atoms. The number of nitrogens with one attached hydrogen (secondary N) is 1. The lowest BCUT2D eigenvalue weighted by Gasteiger charge is -2.08. The van der Waals surface area contributed by atoms with Crippen LogP contribution in [0.3, 0.4) is 0 Å². The van der Waals surface area contributed by atoms with E-state index in [1.165, 1.54) is 11.7 Å². The van der Waals surface area contributed by atoms with Gasteiger partial charge in [0.05, 0.1) is 7.11 Å². The number of hydrogen-bond donors (Lipinski definition) is 2. The van der Waals surface area contributed by atoms with Crippen LogP contribution in [0, 0.1) is 18.6 Å². The van der Waals surface area contributed by atoms with E-state index in [2.05, 4.69) is 10.3 Å². The third kappa shape index (κ3) is 2.36. The van der Waals surface area contributed by atoms with Gasteiger partial charge in [-0.2, -0.15) is 0 Å². The number of ether oxygens (including phenoxy) is 1. The van der Waals surface area contributed by atoms with Crippen LogP contribution >= 0.6 is 0 Å². The van der Waals surface area contributed by atoms with Crippen LogP contribution in [0.1, 0.15) is 5.82 Å². The summed E-state index contributed by atoms with van der Waals surface area (Å²) in [6.07, 6.45) is -1.18. The largest absolute Gasteiger partial charge is 0.494 e. The smallest absolute Gasteiger partial charge is 0.404 e. The second-order valence-corrected chi connectivity index (χ2v) is 4.11. The van der Waals surface area contributed by atoms with Gasteiger partial charge >= 0.3 is 6.09 Å². The van der Waals surface area contributed by atoms with Gasteiger partial charge in [0.2, 0.25) is 0 Å². The molecule has 0 radical (unpaired) electrons. The van der Waals surface area contributed by atoms with Gasteiger partial charge in [-0.1, -0.05) is 0 Å². The van der Waals surface area contributed by atoms with Gasteiger partial charge in [-0.05, 0) is 6.92 Å². The summed E-state index contributed by atoms with van der Waals surface area (Å²) < 4.78 is 33.9. The topological polar surface area (TPSA) is 76.4 Å². The lowest BCUT2D eigenvalue weighted by Crippen LogP contribution is -2.25. The number of benzene rings is 1. The van der Waals surface area contributed by atoms with Crippen molar-refractivity contribution in [3.05, 3.63) is 23.5 Å². The summed E-state index contributed by atoms with van der Waals surface area (Å²) in [5, 5.41) is 10.7. The molecule has 0 aliphatic rings. The molecule has 2 N–H and O–H groups in total. The number of rotatable bonds is 4. The highest BCUT2D eigenvalue weighted by atomic mass is 19.2. The molecule has 0 unspecified atom stereocenters. The highest BCUT2D eigenvalue weighted by molar-refractivity contribution is 5.83. The Bertz CT molecular complexity index is 670. The van der Waals surface area contributed by atoms with Gasteiger partial charge in [0.1, 0.15) is 22.6 Å². The number of carboxylic acid groups (broad SMARTS) is 1. The Morgan fingerprint density at radius 1 is 1.55 bits per heavy atom. The third-order valence-corrected chi connectivity index (χ3v) is 2.90. The van der Waals surface area contributed by atoms with Crippen molar-refractivity contribution in [3.8, 4) is 5.75 Å². The Morgan fingerprint density at radius 3 is 2.85 bits per heavy atom. The molecule has 0 bridgehead atoms. The molecule has 0 aliphatic heterocycles. The number of amides is 1. The lowest BCUT2D eigenvalue weighted by molar-refractivity contribution is 0.194. The van der Waals surface area contributed by atoms with Crippen LogP contribution in [-0.4, -0.2) is 34.4 Å². The van der Waals surface area contributed by atoms with Crippen molar-refractivity contribution >= 4 is 17.1 Å². The van der Waals surface area contributed by atoms with Gasteiger partial charge in [0.15, 0.2) is 11.6 Å². The van der Waals surface area contributed by atoms with Crippen LogP contribution in [0.4, 0.5) is 13.6 Å². The van der Waals surface area contributed by atoms with Crippen LogP contribution < -0.4 is 10.1 Å². The first kappa shape index (κ1) is 14.0. The predicted molar refractivity (Wildman–Crippen MR) is 67.0 cm³/mol. The molecular formula is C12H13F2N3O3. The van der Waals surface area contributed by atoms with Gasteiger partial charge in [-0.15, -0.1) is 0 Å². The zero-order valence-corrected chi connectivity index (χ0v) is 10.9. The van der Waals surface area contributed by atoms with Crippen molar-refractivity contribution in [1.82, 2.24) is 14.9 Å². The Hall–Kier alpha value is -2.38. The van der Waals surface area contributed by atoms with Crippen LogP contribution in [0.15, 0.2) is 6.07 Å². The number of fused-ring (bicyclic) bond motifs is 1. The third-order valence-electron chi connectivity index (χ3n) is 2.90. The fourth-order valence-electron chi connectivity index (χ4n) is 2.02. The zero-order chi connectivity index (χ0) is 14.9. The monoisotopic (exact) mass is 285 g/mol. The molecule has 8 heteroatoms. The molecule has 1 aromatic carbocycles. The van der Waals surface area contributed by atoms with Crippen molar-refractivity contribution < 1.29 is 23.4 Å². The summed E-state index contributed by atoms with van der Waals surface area (Å²) in [5.74, 6) is -1.50. The minimum atomic E-state index is -1.18. The summed E-state index contributed by atoms with van der Waals surface area (Å²) in [5.41, 5.74) is 0.172. The maximum Gasteiger partial charge on any atom is 0.404 e. The molecule has 0 atom stereocenters. The minimum Gasteiger partial charge on any atom is -0.494 e. The van der Waals surface area contributed by atoms with Crippen molar-refractivity contribution in [1.29, 1.82) is 0 Å². The lowest BCUT2D eigenvalue weighted by atomic mass is 10.2. The summed E-state index contributed by atoms with van der Waals surface area (Å²) in [4.78, 5) is 14.5. The number of halogens is 2. The first-order chi connectivity index (χ1) is 9.45. The minimum absolute atomic E-state index is 0.0356. The Balaban J connectivity index is 2.51. The van der Waals surface area contributed by atoms with Crippen LogP contribution in [-0.2, 0) is 6.54 Å². The molecule has 2 rings (SSSR count). The number of aryl methyl sites for hydroxylation is 1.